The molecule has 1 atom stereocenters. The number of hydrogen-bond donors (Lipinski definition) is 2. The van der Waals surface area contributed by atoms with Crippen molar-refractivity contribution < 1.29 is 4.79 Å². The van der Waals surface area contributed by atoms with Crippen molar-refractivity contribution in [3.63, 3.8) is 0 Å². The highest BCUT2D eigenvalue weighted by Gasteiger charge is 2.21. The van der Waals surface area contributed by atoms with Crippen LogP contribution in [0.5, 0.6) is 0 Å². The third-order valence-electron chi connectivity index (χ3n) is 4.04. The number of thioether (sulfide) groups is 1. The maximum Gasteiger partial charge on any atom is 0.227 e. The van der Waals surface area contributed by atoms with E-state index in [9.17, 15) is 4.79 Å². The molecule has 24 heavy (non-hydrogen) atoms. The first-order chi connectivity index (χ1) is 11.6. The number of nitrogens with one attached hydrogen (secondary N) is 2. The lowest BCUT2D eigenvalue weighted by Gasteiger charge is -2.16. The van der Waals surface area contributed by atoms with Gasteiger partial charge in [0.05, 0.1) is 6.54 Å². The number of carbonyl (C=O) groups excluding carboxylic acids is 1. The van der Waals surface area contributed by atoms with E-state index < -0.39 is 0 Å². The Balaban J connectivity index is 1.94. The Hall–Kier alpha value is -1.69. The zero-order valence-electron chi connectivity index (χ0n) is 14.8. The molecule has 1 unspecified atom stereocenters. The normalized spacial score (nSPS) is 16.4. The zero-order chi connectivity index (χ0) is 17.4. The fourth-order valence-electron chi connectivity index (χ4n) is 2.54. The molecule has 1 amide bonds. The van der Waals surface area contributed by atoms with Crippen LogP contribution in [0.25, 0.3) is 0 Å². The van der Waals surface area contributed by atoms with Crippen LogP contribution >= 0.6 is 11.8 Å². The van der Waals surface area contributed by atoms with Gasteiger partial charge in [0.1, 0.15) is 0 Å². The van der Waals surface area contributed by atoms with Crippen LogP contribution in [-0.2, 0) is 11.3 Å². The van der Waals surface area contributed by atoms with Gasteiger partial charge in [-0.25, -0.2) is 4.99 Å². The number of aliphatic imine (C=N–C) groups is 1. The summed E-state index contributed by atoms with van der Waals surface area (Å²) in [5, 5.41) is 7.19. The number of nitrogens with zero attached hydrogens (tertiary/aromatic N) is 2. The van der Waals surface area contributed by atoms with Gasteiger partial charge in [-0.05, 0) is 37.3 Å². The molecule has 1 aliphatic heterocycles. The molecule has 1 heterocycles. The first-order valence-electron chi connectivity index (χ1n) is 8.58. The number of rotatable bonds is 7. The molecule has 1 fully saturated rings. The predicted octanol–water partition coefficient (Wildman–Crippen LogP) is 2.62. The van der Waals surface area contributed by atoms with E-state index in [4.69, 9.17) is 0 Å². The SMILES string of the molecule is CCNC(=NCc1ccc(N2CCCC2=O)cc1)NCC(C)SC. The van der Waals surface area contributed by atoms with Gasteiger partial charge in [0, 0.05) is 37.0 Å². The number of hydrogen-bond acceptors (Lipinski definition) is 3. The molecule has 1 aliphatic rings. The summed E-state index contributed by atoms with van der Waals surface area (Å²) in [5.74, 6) is 1.07. The topological polar surface area (TPSA) is 56.7 Å². The van der Waals surface area contributed by atoms with Gasteiger partial charge in [-0.1, -0.05) is 19.1 Å². The van der Waals surface area contributed by atoms with Crippen LogP contribution in [-0.4, -0.2) is 43.0 Å². The molecule has 0 aromatic heterocycles. The van der Waals surface area contributed by atoms with Crippen LogP contribution in [0, 0.1) is 0 Å². The standard InChI is InChI=1S/C18H28N4OS/c1-4-19-18(20-12-14(2)24-3)21-13-15-7-9-16(10-8-15)22-11-5-6-17(22)23/h7-10,14H,4-6,11-13H2,1-3H3,(H2,19,20,21). The van der Waals surface area contributed by atoms with Crippen molar-refractivity contribution in [1.29, 1.82) is 0 Å². The summed E-state index contributed by atoms with van der Waals surface area (Å²) in [4.78, 5) is 18.3. The molecule has 1 saturated heterocycles. The summed E-state index contributed by atoms with van der Waals surface area (Å²) < 4.78 is 0. The third-order valence-corrected chi connectivity index (χ3v) is 5.02. The van der Waals surface area contributed by atoms with Crippen LogP contribution in [0.3, 0.4) is 0 Å². The van der Waals surface area contributed by atoms with E-state index in [0.717, 1.165) is 43.3 Å². The maximum atomic E-state index is 11.8. The minimum absolute atomic E-state index is 0.224. The second kappa shape index (κ2) is 9.57. The highest BCUT2D eigenvalue weighted by atomic mass is 32.2. The van der Waals surface area contributed by atoms with Crippen LogP contribution in [0.4, 0.5) is 5.69 Å². The first-order valence-corrected chi connectivity index (χ1v) is 9.87. The summed E-state index contributed by atoms with van der Waals surface area (Å²) in [6.07, 6.45) is 3.73. The quantitative estimate of drug-likeness (QED) is 0.587. The molecule has 0 spiro atoms. The summed E-state index contributed by atoms with van der Waals surface area (Å²) in [7, 11) is 0. The smallest absolute Gasteiger partial charge is 0.227 e. The lowest BCUT2D eigenvalue weighted by atomic mass is 10.2. The molecule has 2 rings (SSSR count). The van der Waals surface area contributed by atoms with Crippen molar-refractivity contribution in [3.8, 4) is 0 Å². The molecule has 1 aromatic rings. The Kier molecular flexibility index (Phi) is 7.43. The summed E-state index contributed by atoms with van der Waals surface area (Å²) in [6, 6.07) is 8.14. The molecule has 5 nitrogen and oxygen atoms in total. The van der Waals surface area contributed by atoms with E-state index in [2.05, 4.69) is 47.9 Å². The lowest BCUT2D eigenvalue weighted by molar-refractivity contribution is -0.117. The van der Waals surface area contributed by atoms with Crippen molar-refractivity contribution in [1.82, 2.24) is 10.6 Å². The molecule has 132 valence electrons. The van der Waals surface area contributed by atoms with E-state index in [-0.39, 0.29) is 5.91 Å². The lowest BCUT2D eigenvalue weighted by Crippen LogP contribution is -2.40. The number of amides is 1. The molecule has 0 radical (unpaired) electrons. The van der Waals surface area contributed by atoms with Crippen LogP contribution < -0.4 is 15.5 Å². The average Bonchev–Trinajstić information content (AvgIpc) is 3.03. The molecule has 0 saturated carbocycles. The number of anilines is 1. The molecular formula is C18H28N4OS. The molecule has 2 N–H and O–H groups in total. The minimum Gasteiger partial charge on any atom is -0.357 e. The van der Waals surface area contributed by atoms with Gasteiger partial charge in [-0.15, -0.1) is 0 Å². The van der Waals surface area contributed by atoms with Crippen LogP contribution in [0.2, 0.25) is 0 Å². The largest absolute Gasteiger partial charge is 0.357 e. The van der Waals surface area contributed by atoms with Crippen LogP contribution in [0.15, 0.2) is 29.3 Å². The van der Waals surface area contributed by atoms with Crippen molar-refractivity contribution >= 4 is 29.3 Å². The van der Waals surface area contributed by atoms with Gasteiger partial charge in [0.15, 0.2) is 5.96 Å². The van der Waals surface area contributed by atoms with E-state index in [1.54, 1.807) is 0 Å². The number of benzene rings is 1. The minimum atomic E-state index is 0.224. The van der Waals surface area contributed by atoms with Gasteiger partial charge in [-0.2, -0.15) is 11.8 Å². The second-order valence-corrected chi connectivity index (χ2v) is 7.21. The molecular weight excluding hydrogens is 320 g/mol. The van der Waals surface area contributed by atoms with Crippen LogP contribution in [0.1, 0.15) is 32.3 Å². The van der Waals surface area contributed by atoms with Crippen molar-refractivity contribution in [2.75, 3.05) is 30.8 Å². The average molecular weight is 349 g/mol. The van der Waals surface area contributed by atoms with E-state index in [1.165, 1.54) is 0 Å². The highest BCUT2D eigenvalue weighted by Crippen LogP contribution is 2.21. The van der Waals surface area contributed by atoms with Gasteiger partial charge in [0.25, 0.3) is 0 Å². The van der Waals surface area contributed by atoms with Gasteiger partial charge < -0.3 is 15.5 Å². The molecule has 0 aliphatic carbocycles. The second-order valence-electron chi connectivity index (χ2n) is 5.94. The van der Waals surface area contributed by atoms with Gasteiger partial charge in [-0.3, -0.25) is 4.79 Å². The monoisotopic (exact) mass is 348 g/mol. The summed E-state index contributed by atoms with van der Waals surface area (Å²) >= 11 is 1.84. The fraction of sp³-hybridized carbons (Fsp3) is 0.556. The summed E-state index contributed by atoms with van der Waals surface area (Å²) in [5.41, 5.74) is 2.13. The zero-order valence-corrected chi connectivity index (χ0v) is 15.7. The van der Waals surface area contributed by atoms with Gasteiger partial charge in [0.2, 0.25) is 5.91 Å². The Morgan fingerprint density at radius 2 is 2.08 bits per heavy atom. The van der Waals surface area contributed by atoms with E-state index in [1.807, 2.05) is 28.8 Å². The number of carbonyl (C=O) groups is 1. The van der Waals surface area contributed by atoms with E-state index >= 15 is 0 Å². The third kappa shape index (κ3) is 5.44. The Labute approximate surface area is 149 Å². The Morgan fingerprint density at radius 3 is 2.67 bits per heavy atom. The maximum absolute atomic E-state index is 11.8. The Bertz CT molecular complexity index is 559. The van der Waals surface area contributed by atoms with E-state index in [0.29, 0.717) is 18.2 Å². The Morgan fingerprint density at radius 1 is 1.33 bits per heavy atom. The molecule has 0 bridgehead atoms. The predicted molar refractivity (Wildman–Crippen MR) is 104 cm³/mol. The first kappa shape index (κ1) is 18.6. The van der Waals surface area contributed by atoms with Crippen molar-refractivity contribution in [2.24, 2.45) is 4.99 Å². The highest BCUT2D eigenvalue weighted by molar-refractivity contribution is 7.99. The number of guanidine groups is 1. The molecule has 1 aromatic carbocycles. The van der Waals surface area contributed by atoms with Crippen molar-refractivity contribution in [3.05, 3.63) is 29.8 Å². The molecule has 6 heteroatoms. The summed E-state index contributed by atoms with van der Waals surface area (Å²) in [6.45, 7) is 7.45. The van der Waals surface area contributed by atoms with Gasteiger partial charge >= 0.3 is 0 Å². The fourth-order valence-corrected chi connectivity index (χ4v) is 2.79. The van der Waals surface area contributed by atoms with Crippen molar-refractivity contribution in [2.45, 2.75) is 38.5 Å².